The van der Waals surface area contributed by atoms with Gasteiger partial charge in [-0.3, -0.25) is 9.59 Å². The Morgan fingerprint density at radius 3 is 2.08 bits per heavy atom. The molecule has 22 heteroatoms. The zero-order valence-electron chi connectivity index (χ0n) is 23.9. The van der Waals surface area contributed by atoms with E-state index in [0.717, 1.165) is 24.3 Å². The number of carbonyl (C=O) groups is 3. The summed E-state index contributed by atoms with van der Waals surface area (Å²) in [7, 11) is 0. The summed E-state index contributed by atoms with van der Waals surface area (Å²) in [5.41, 5.74) is -13.0. The second-order valence-electron chi connectivity index (χ2n) is 10.2. The molecular weight excluding hydrogens is 785 g/mol. The molecule has 1 fully saturated rings. The third-order valence-electron chi connectivity index (χ3n) is 6.78. The average Bonchev–Trinajstić information content (AvgIpc) is 3.86. The first-order valence-corrected chi connectivity index (χ1v) is 14.1. The van der Waals surface area contributed by atoms with Crippen LogP contribution in [0.3, 0.4) is 0 Å². The number of hydroxylamine groups is 1. The lowest BCUT2D eigenvalue weighted by Crippen LogP contribution is -2.59. The van der Waals surface area contributed by atoms with Crippen molar-refractivity contribution in [3.8, 4) is 5.75 Å². The Hall–Kier alpha value is -4.63. The quantitative estimate of drug-likeness (QED) is 0.133. The molecule has 1 unspecified atom stereocenters. The van der Waals surface area contributed by atoms with E-state index in [9.17, 15) is 62.7 Å². The minimum Gasteiger partial charge on any atom is -0.433 e. The number of aromatic nitrogens is 1. The Morgan fingerprint density at radius 1 is 0.920 bits per heavy atom. The number of nitrogens with zero attached hydrogens (tertiary/aromatic N) is 2. The molecular formula is C28H15BrF13N3O5. The van der Waals surface area contributed by atoms with E-state index in [4.69, 9.17) is 4.84 Å². The van der Waals surface area contributed by atoms with Crippen LogP contribution in [0.25, 0.3) is 0 Å². The molecule has 0 saturated heterocycles. The van der Waals surface area contributed by atoms with E-state index < -0.39 is 110 Å². The van der Waals surface area contributed by atoms with Crippen molar-refractivity contribution in [2.24, 2.45) is 5.92 Å². The van der Waals surface area contributed by atoms with Crippen LogP contribution >= 0.6 is 15.9 Å². The topological polar surface area (TPSA) is 97.8 Å². The third kappa shape index (κ3) is 7.29. The van der Waals surface area contributed by atoms with Gasteiger partial charge in [-0.2, -0.15) is 48.3 Å². The highest BCUT2D eigenvalue weighted by atomic mass is 79.9. The van der Waals surface area contributed by atoms with Crippen LogP contribution in [0, 0.1) is 17.7 Å². The van der Waals surface area contributed by atoms with Gasteiger partial charge in [-0.25, -0.2) is 18.6 Å². The number of rotatable bonds is 9. The van der Waals surface area contributed by atoms with Gasteiger partial charge in [0.25, 0.3) is 11.8 Å². The van der Waals surface area contributed by atoms with Crippen LogP contribution < -0.4 is 15.1 Å². The maximum atomic E-state index is 15.8. The van der Waals surface area contributed by atoms with Crippen molar-refractivity contribution < 1.29 is 81.0 Å². The van der Waals surface area contributed by atoms with E-state index >= 15 is 8.78 Å². The predicted molar refractivity (Wildman–Crippen MR) is 145 cm³/mol. The van der Waals surface area contributed by atoms with Gasteiger partial charge in [-0.05, 0) is 65.2 Å². The fraction of sp³-hybridized carbons (Fsp3) is 0.286. The van der Waals surface area contributed by atoms with Crippen molar-refractivity contribution >= 4 is 45.1 Å². The maximum absolute atomic E-state index is 15.8. The first-order chi connectivity index (χ1) is 23.0. The van der Waals surface area contributed by atoms with E-state index in [-0.39, 0.29) is 11.1 Å². The van der Waals surface area contributed by atoms with Gasteiger partial charge in [-0.15, -0.1) is 5.06 Å². The van der Waals surface area contributed by atoms with Crippen molar-refractivity contribution in [2.75, 3.05) is 10.4 Å². The highest BCUT2D eigenvalue weighted by molar-refractivity contribution is 9.10. The number of ether oxygens (including phenoxy) is 1. The van der Waals surface area contributed by atoms with Crippen LogP contribution in [0.1, 0.15) is 39.1 Å². The van der Waals surface area contributed by atoms with E-state index in [1.54, 1.807) is 5.32 Å². The second-order valence-corrected chi connectivity index (χ2v) is 11.0. The van der Waals surface area contributed by atoms with Gasteiger partial charge < -0.3 is 14.9 Å². The predicted octanol–water partition coefficient (Wildman–Crippen LogP) is 8.42. The van der Waals surface area contributed by atoms with Gasteiger partial charge in [0.05, 0.1) is 22.7 Å². The zero-order chi connectivity index (χ0) is 37.6. The normalized spacial score (nSPS) is 14.9. The molecule has 0 aliphatic heterocycles. The summed E-state index contributed by atoms with van der Waals surface area (Å²) in [5.74, 6) is -16.5. The molecule has 1 saturated carbocycles. The fourth-order valence-corrected chi connectivity index (χ4v) is 4.69. The van der Waals surface area contributed by atoms with Crippen LogP contribution in [0.4, 0.5) is 68.5 Å². The molecule has 50 heavy (non-hydrogen) atoms. The molecule has 1 aromatic heterocycles. The van der Waals surface area contributed by atoms with Crippen molar-refractivity contribution in [1.82, 2.24) is 4.98 Å². The Bertz CT molecular complexity index is 1800. The standard InChI is InChI=1S/C28H15BrF13N3O5/c29-15-8-13(25(34,27(37,38)39)26(35,36)28(40,41)42)9-17(49-24(32)33)20(15)44-21(46)14-2-1-3-16(19(14)31)45(50-23(48)11-4-5-11)22(47)12-6-7-18(30)43-10-12/h1-3,6-11,24H,4-5H2,(H,44,46). The summed E-state index contributed by atoms with van der Waals surface area (Å²) < 4.78 is 181. The summed E-state index contributed by atoms with van der Waals surface area (Å²) in [6.07, 6.45) is -12.8. The molecule has 4 rings (SSSR count). The summed E-state index contributed by atoms with van der Waals surface area (Å²) in [6, 6.07) is 3.01. The molecule has 1 aliphatic carbocycles. The average molecular weight is 800 g/mol. The summed E-state index contributed by atoms with van der Waals surface area (Å²) >= 11 is 2.38. The minimum absolute atomic E-state index is 0.0799. The number of hydrogen-bond acceptors (Lipinski definition) is 6. The number of carbonyl (C=O) groups excluding carboxylic acids is 3. The molecule has 0 spiro atoms. The molecule has 2 amide bonds. The smallest absolute Gasteiger partial charge is 0.433 e. The van der Waals surface area contributed by atoms with Gasteiger partial charge in [-0.1, -0.05) is 6.07 Å². The Balaban J connectivity index is 1.79. The number of amides is 2. The highest BCUT2D eigenvalue weighted by Gasteiger charge is 2.81. The van der Waals surface area contributed by atoms with Crippen molar-refractivity contribution in [3.05, 3.63) is 81.6 Å². The lowest BCUT2D eigenvalue weighted by atomic mass is 9.87. The lowest BCUT2D eigenvalue weighted by Gasteiger charge is -2.36. The number of halogens is 14. The second kappa shape index (κ2) is 13.6. The van der Waals surface area contributed by atoms with Gasteiger partial charge in [0, 0.05) is 16.2 Å². The Morgan fingerprint density at radius 2 is 1.56 bits per heavy atom. The number of benzene rings is 2. The zero-order valence-corrected chi connectivity index (χ0v) is 25.5. The molecule has 0 bridgehead atoms. The largest absolute Gasteiger partial charge is 0.457 e. The van der Waals surface area contributed by atoms with E-state index in [0.29, 0.717) is 25.1 Å². The molecule has 270 valence electrons. The number of anilines is 2. The van der Waals surface area contributed by atoms with Crippen LogP contribution in [-0.4, -0.2) is 47.7 Å². The molecule has 1 heterocycles. The first kappa shape index (κ1) is 38.2. The fourth-order valence-electron chi connectivity index (χ4n) is 4.14. The minimum atomic E-state index is -7.20. The summed E-state index contributed by atoms with van der Waals surface area (Å²) in [4.78, 5) is 47.0. The summed E-state index contributed by atoms with van der Waals surface area (Å²) in [5, 5.41) is 1.75. The molecule has 1 atom stereocenters. The first-order valence-electron chi connectivity index (χ1n) is 13.3. The van der Waals surface area contributed by atoms with Crippen molar-refractivity contribution in [3.63, 3.8) is 0 Å². The van der Waals surface area contributed by atoms with E-state index in [2.05, 4.69) is 25.7 Å². The molecule has 2 aromatic carbocycles. The SMILES string of the molecule is O=C(Nc1c(Br)cc(C(F)(C(F)(F)F)C(F)(F)C(F)(F)F)cc1OC(F)F)c1cccc(N(OC(=O)C2CC2)C(=O)c2ccc(F)nc2)c1F. The number of hydrogen-bond donors (Lipinski definition) is 1. The van der Waals surface area contributed by atoms with Gasteiger partial charge in [0.15, 0.2) is 11.6 Å². The van der Waals surface area contributed by atoms with Crippen LogP contribution in [-0.2, 0) is 15.3 Å². The molecule has 3 aromatic rings. The Kier molecular flexibility index (Phi) is 10.4. The van der Waals surface area contributed by atoms with Gasteiger partial charge in [0.1, 0.15) is 5.69 Å². The third-order valence-corrected chi connectivity index (χ3v) is 7.40. The van der Waals surface area contributed by atoms with Crippen LogP contribution in [0.5, 0.6) is 5.75 Å². The van der Waals surface area contributed by atoms with Crippen molar-refractivity contribution in [2.45, 2.75) is 43.4 Å². The molecule has 0 radical (unpaired) electrons. The Labute approximate surface area is 278 Å². The summed E-state index contributed by atoms with van der Waals surface area (Å²) in [6.45, 7) is -4.07. The monoisotopic (exact) mass is 799 g/mol. The number of pyridine rings is 1. The van der Waals surface area contributed by atoms with Gasteiger partial charge in [0.2, 0.25) is 5.95 Å². The molecule has 8 nitrogen and oxygen atoms in total. The van der Waals surface area contributed by atoms with Crippen LogP contribution in [0.2, 0.25) is 0 Å². The number of nitrogens with one attached hydrogen (secondary N) is 1. The van der Waals surface area contributed by atoms with E-state index in [1.165, 1.54) is 0 Å². The maximum Gasteiger partial charge on any atom is 0.457 e. The number of alkyl halides is 11. The molecule has 1 N–H and O–H groups in total. The molecule has 1 aliphatic rings. The lowest BCUT2D eigenvalue weighted by molar-refractivity contribution is -0.389. The van der Waals surface area contributed by atoms with Gasteiger partial charge >= 0.3 is 36.5 Å². The van der Waals surface area contributed by atoms with Crippen LogP contribution in [0.15, 0.2) is 53.1 Å². The van der Waals surface area contributed by atoms with E-state index in [1.807, 2.05) is 0 Å². The highest BCUT2D eigenvalue weighted by Crippen LogP contribution is 2.59. The van der Waals surface area contributed by atoms with Crippen molar-refractivity contribution in [1.29, 1.82) is 0 Å².